The minimum atomic E-state index is -1.54. The average molecular weight is 410 g/mol. The fourth-order valence-corrected chi connectivity index (χ4v) is 2.47. The first-order valence-electron chi connectivity index (χ1n) is 5.88. The first-order chi connectivity index (χ1) is 9.31. The van der Waals surface area contributed by atoms with E-state index in [0.717, 1.165) is 8.95 Å². The number of aliphatic hydroxyl groups is 4. The number of hydrogen-bond donors (Lipinski definition) is 5. The third-order valence-electron chi connectivity index (χ3n) is 2.99. The molecule has 0 aliphatic carbocycles. The largest absolute Gasteiger partial charge is 0.391 e. The Balaban J connectivity index is 2.33. The molecule has 110 valence electrons. The van der Waals surface area contributed by atoms with E-state index in [1.54, 1.807) is 12.1 Å². The summed E-state index contributed by atoms with van der Waals surface area (Å²) in [7, 11) is 0. The van der Waals surface area contributed by atoms with Crippen molar-refractivity contribution in [1.82, 2.24) is 9.97 Å². The summed E-state index contributed by atoms with van der Waals surface area (Å²) in [5.41, 5.74) is 1.28. The molecule has 6 nitrogen and oxygen atoms in total. The predicted octanol–water partition coefficient (Wildman–Crippen LogP) is 1.22. The number of halogens is 2. The number of H-pyrrole nitrogens is 1. The topological polar surface area (TPSA) is 110 Å². The Morgan fingerprint density at radius 1 is 1.05 bits per heavy atom. The van der Waals surface area contributed by atoms with E-state index in [-0.39, 0.29) is 5.82 Å². The second kappa shape index (κ2) is 6.08. The number of aliphatic hydroxyl groups excluding tert-OH is 4. The standard InChI is InChI=1S/C12H14Br2N2O4/c1-4(17)9(18)10(19)11(20)12-15-7-2-5(13)6(14)3-8(7)16-12/h2-4,9-11,17-20H,1H3,(H,15,16)/t4-,9+,10+,11-/m1/s1. The van der Waals surface area contributed by atoms with Crippen molar-refractivity contribution in [2.45, 2.75) is 31.3 Å². The average Bonchev–Trinajstić information content (AvgIpc) is 2.79. The lowest BCUT2D eigenvalue weighted by Crippen LogP contribution is -2.39. The lowest BCUT2D eigenvalue weighted by Gasteiger charge is -2.23. The Morgan fingerprint density at radius 3 is 2.25 bits per heavy atom. The van der Waals surface area contributed by atoms with Gasteiger partial charge in [-0.1, -0.05) is 0 Å². The third-order valence-corrected chi connectivity index (χ3v) is 4.83. The summed E-state index contributed by atoms with van der Waals surface area (Å²) in [6.07, 6.45) is -5.59. The molecule has 0 radical (unpaired) electrons. The van der Waals surface area contributed by atoms with E-state index in [1.807, 2.05) is 0 Å². The lowest BCUT2D eigenvalue weighted by molar-refractivity contribution is -0.103. The van der Waals surface area contributed by atoms with Gasteiger partial charge in [0.1, 0.15) is 24.1 Å². The van der Waals surface area contributed by atoms with Crippen molar-refractivity contribution >= 4 is 42.9 Å². The quantitative estimate of drug-likeness (QED) is 0.521. The number of benzene rings is 1. The number of rotatable bonds is 4. The van der Waals surface area contributed by atoms with Crippen molar-refractivity contribution < 1.29 is 20.4 Å². The highest BCUT2D eigenvalue weighted by atomic mass is 79.9. The van der Waals surface area contributed by atoms with Crippen molar-refractivity contribution in [3.05, 3.63) is 26.9 Å². The number of nitrogens with zero attached hydrogens (tertiary/aromatic N) is 1. The molecule has 0 aliphatic heterocycles. The minimum Gasteiger partial charge on any atom is -0.391 e. The molecule has 4 atom stereocenters. The van der Waals surface area contributed by atoms with E-state index in [2.05, 4.69) is 41.8 Å². The van der Waals surface area contributed by atoms with E-state index in [1.165, 1.54) is 6.92 Å². The van der Waals surface area contributed by atoms with Crippen LogP contribution in [0.25, 0.3) is 11.0 Å². The van der Waals surface area contributed by atoms with Crippen LogP contribution in [0.1, 0.15) is 18.9 Å². The van der Waals surface area contributed by atoms with Crippen LogP contribution in [-0.2, 0) is 0 Å². The van der Waals surface area contributed by atoms with Gasteiger partial charge >= 0.3 is 0 Å². The van der Waals surface area contributed by atoms with Crippen LogP contribution in [0, 0.1) is 0 Å². The molecule has 8 heteroatoms. The number of hydrogen-bond acceptors (Lipinski definition) is 5. The molecule has 1 heterocycles. The molecule has 0 fully saturated rings. The van der Waals surface area contributed by atoms with Crippen molar-refractivity contribution in [3.8, 4) is 0 Å². The van der Waals surface area contributed by atoms with E-state index >= 15 is 0 Å². The number of imidazole rings is 1. The summed E-state index contributed by atoms with van der Waals surface area (Å²) in [6, 6.07) is 3.53. The zero-order chi connectivity index (χ0) is 15.0. The van der Waals surface area contributed by atoms with Crippen LogP contribution in [0.2, 0.25) is 0 Å². The second-order valence-corrected chi connectivity index (χ2v) is 6.28. The van der Waals surface area contributed by atoms with Crippen LogP contribution in [0.15, 0.2) is 21.1 Å². The fraction of sp³-hybridized carbons (Fsp3) is 0.417. The van der Waals surface area contributed by atoms with Crippen LogP contribution in [0.4, 0.5) is 0 Å². The van der Waals surface area contributed by atoms with Crippen LogP contribution >= 0.6 is 31.9 Å². The molecule has 0 unspecified atom stereocenters. The van der Waals surface area contributed by atoms with Crippen molar-refractivity contribution in [3.63, 3.8) is 0 Å². The maximum Gasteiger partial charge on any atom is 0.140 e. The van der Waals surface area contributed by atoms with Gasteiger partial charge in [0.15, 0.2) is 0 Å². The number of aromatic nitrogens is 2. The molecule has 0 saturated heterocycles. The van der Waals surface area contributed by atoms with Gasteiger partial charge in [-0.05, 0) is 50.9 Å². The Bertz CT molecular complexity index is 578. The highest BCUT2D eigenvalue weighted by molar-refractivity contribution is 9.13. The van der Waals surface area contributed by atoms with Gasteiger partial charge in [0.2, 0.25) is 0 Å². The molecule has 2 aromatic rings. The smallest absolute Gasteiger partial charge is 0.140 e. The molecule has 0 aliphatic rings. The number of fused-ring (bicyclic) bond motifs is 1. The van der Waals surface area contributed by atoms with Crippen molar-refractivity contribution in [2.24, 2.45) is 0 Å². The number of aromatic amines is 1. The first kappa shape index (κ1) is 15.9. The first-order valence-corrected chi connectivity index (χ1v) is 7.46. The van der Waals surface area contributed by atoms with Crippen molar-refractivity contribution in [2.75, 3.05) is 0 Å². The highest BCUT2D eigenvalue weighted by Gasteiger charge is 2.31. The van der Waals surface area contributed by atoms with Crippen molar-refractivity contribution in [1.29, 1.82) is 0 Å². The van der Waals surface area contributed by atoms with Gasteiger partial charge < -0.3 is 25.4 Å². The zero-order valence-electron chi connectivity index (χ0n) is 10.5. The Labute approximate surface area is 131 Å². The Hall–Kier alpha value is -0.510. The zero-order valence-corrected chi connectivity index (χ0v) is 13.6. The molecule has 0 saturated carbocycles. The van der Waals surface area contributed by atoms with Gasteiger partial charge in [-0.2, -0.15) is 0 Å². The summed E-state index contributed by atoms with van der Waals surface area (Å²) in [6.45, 7) is 1.33. The van der Waals surface area contributed by atoms with Gasteiger partial charge in [-0.15, -0.1) is 0 Å². The summed E-state index contributed by atoms with van der Waals surface area (Å²) >= 11 is 6.70. The summed E-state index contributed by atoms with van der Waals surface area (Å²) < 4.78 is 1.63. The van der Waals surface area contributed by atoms with E-state index in [0.29, 0.717) is 11.0 Å². The van der Waals surface area contributed by atoms with Gasteiger partial charge in [0.25, 0.3) is 0 Å². The van der Waals surface area contributed by atoms with E-state index in [9.17, 15) is 20.4 Å². The van der Waals surface area contributed by atoms with Crippen LogP contribution in [-0.4, -0.2) is 48.7 Å². The Morgan fingerprint density at radius 2 is 1.65 bits per heavy atom. The van der Waals surface area contributed by atoms with E-state index in [4.69, 9.17) is 0 Å². The highest BCUT2D eigenvalue weighted by Crippen LogP contribution is 2.29. The monoisotopic (exact) mass is 408 g/mol. The summed E-state index contributed by atoms with van der Waals surface area (Å²) in [4.78, 5) is 7.04. The molecule has 5 N–H and O–H groups in total. The molecular formula is C12H14Br2N2O4. The number of nitrogens with one attached hydrogen (secondary N) is 1. The van der Waals surface area contributed by atoms with Crippen LogP contribution in [0.5, 0.6) is 0 Å². The summed E-state index contributed by atoms with van der Waals surface area (Å²) in [5.74, 6) is 0.122. The molecule has 2 rings (SSSR count). The lowest BCUT2D eigenvalue weighted by atomic mass is 10.0. The normalized spacial score (nSPS) is 17.9. The maximum atomic E-state index is 10.0. The molecule has 0 spiro atoms. The third kappa shape index (κ3) is 3.05. The summed E-state index contributed by atoms with van der Waals surface area (Å²) in [5, 5.41) is 38.6. The Kier molecular flexibility index (Phi) is 4.83. The fourth-order valence-electron chi connectivity index (χ4n) is 1.80. The molecule has 0 amide bonds. The van der Waals surface area contributed by atoms with Gasteiger partial charge in [0, 0.05) is 8.95 Å². The SMILES string of the molecule is C[C@@H](O)[C@H](O)[C@H](O)[C@@H](O)c1nc2cc(Br)c(Br)cc2[nH]1. The van der Waals surface area contributed by atoms with Crippen LogP contribution in [0.3, 0.4) is 0 Å². The minimum absolute atomic E-state index is 0.122. The molecule has 0 bridgehead atoms. The van der Waals surface area contributed by atoms with Gasteiger partial charge in [-0.25, -0.2) is 4.98 Å². The molecule has 1 aromatic carbocycles. The second-order valence-electron chi connectivity index (χ2n) is 4.57. The molecule has 1 aromatic heterocycles. The van der Waals surface area contributed by atoms with Crippen LogP contribution < -0.4 is 0 Å². The molecular weight excluding hydrogens is 396 g/mol. The van der Waals surface area contributed by atoms with Gasteiger partial charge in [-0.3, -0.25) is 0 Å². The van der Waals surface area contributed by atoms with E-state index < -0.39 is 24.4 Å². The maximum absolute atomic E-state index is 10.0. The predicted molar refractivity (Wildman–Crippen MR) is 80.1 cm³/mol. The van der Waals surface area contributed by atoms with Gasteiger partial charge in [0.05, 0.1) is 17.1 Å². The molecule has 20 heavy (non-hydrogen) atoms.